The van der Waals surface area contributed by atoms with E-state index in [0.29, 0.717) is 40.1 Å². The molecule has 1 saturated carbocycles. The highest BCUT2D eigenvalue weighted by Crippen LogP contribution is 2.38. The molecule has 1 aliphatic carbocycles. The van der Waals surface area contributed by atoms with Gasteiger partial charge in [-0.2, -0.15) is 5.26 Å². The quantitative estimate of drug-likeness (QED) is 0.522. The van der Waals surface area contributed by atoms with Crippen molar-refractivity contribution < 1.29 is 9.21 Å². The van der Waals surface area contributed by atoms with E-state index in [2.05, 4.69) is 16.4 Å². The van der Waals surface area contributed by atoms with E-state index in [4.69, 9.17) is 15.4 Å². The van der Waals surface area contributed by atoms with E-state index < -0.39 is 5.76 Å². The molecular formula is C21H15N5O3. The number of amides is 1. The second-order valence-corrected chi connectivity index (χ2v) is 7.06. The normalized spacial score (nSPS) is 17.9. The summed E-state index contributed by atoms with van der Waals surface area (Å²) in [5.41, 5.74) is 8.32. The van der Waals surface area contributed by atoms with Crippen LogP contribution in [0.1, 0.15) is 6.42 Å². The zero-order valence-corrected chi connectivity index (χ0v) is 15.1. The highest BCUT2D eigenvalue weighted by molar-refractivity contribution is 5.99. The summed E-state index contributed by atoms with van der Waals surface area (Å²) < 4.78 is 6.76. The first-order chi connectivity index (χ1) is 14.0. The van der Waals surface area contributed by atoms with Crippen LogP contribution < -0.4 is 16.8 Å². The number of oxazole rings is 1. The maximum atomic E-state index is 12.4. The van der Waals surface area contributed by atoms with Crippen LogP contribution in [0.3, 0.4) is 0 Å². The lowest BCUT2D eigenvalue weighted by Gasteiger charge is -2.10. The van der Waals surface area contributed by atoms with Crippen molar-refractivity contribution >= 4 is 39.3 Å². The number of anilines is 2. The maximum absolute atomic E-state index is 12.4. The molecule has 8 nitrogen and oxygen atoms in total. The van der Waals surface area contributed by atoms with E-state index in [1.807, 2.05) is 6.07 Å². The third-order valence-electron chi connectivity index (χ3n) is 5.14. The molecule has 0 unspecified atom stereocenters. The molecule has 5 rings (SSSR count). The molecule has 0 bridgehead atoms. The van der Waals surface area contributed by atoms with E-state index >= 15 is 0 Å². The number of fused-ring (bicyclic) bond motifs is 2. The predicted octanol–water partition coefficient (Wildman–Crippen LogP) is 2.81. The van der Waals surface area contributed by atoms with Crippen molar-refractivity contribution in [1.82, 2.24) is 9.55 Å². The lowest BCUT2D eigenvalue weighted by atomic mass is 10.1. The van der Waals surface area contributed by atoms with Gasteiger partial charge in [0, 0.05) is 17.3 Å². The number of para-hydroxylation sites is 2. The summed E-state index contributed by atoms with van der Waals surface area (Å²) in [6.07, 6.45) is 2.15. The summed E-state index contributed by atoms with van der Waals surface area (Å²) in [4.78, 5) is 28.9. The summed E-state index contributed by atoms with van der Waals surface area (Å²) in [6.45, 7) is 0. The Bertz CT molecular complexity index is 1400. The van der Waals surface area contributed by atoms with Crippen LogP contribution in [0.2, 0.25) is 0 Å². The summed E-state index contributed by atoms with van der Waals surface area (Å²) in [7, 11) is 0. The fourth-order valence-corrected chi connectivity index (χ4v) is 3.52. The van der Waals surface area contributed by atoms with Gasteiger partial charge in [-0.05, 0) is 42.1 Å². The number of nitriles is 1. The first-order valence-corrected chi connectivity index (χ1v) is 9.06. The first kappa shape index (κ1) is 17.0. The van der Waals surface area contributed by atoms with Crippen LogP contribution in [0.25, 0.3) is 27.6 Å². The van der Waals surface area contributed by atoms with Gasteiger partial charge in [0.25, 0.3) is 0 Å². The van der Waals surface area contributed by atoms with Crippen molar-refractivity contribution in [3.8, 4) is 11.8 Å². The van der Waals surface area contributed by atoms with Gasteiger partial charge < -0.3 is 15.5 Å². The molecule has 1 aliphatic rings. The molecule has 3 N–H and O–H groups in total. The van der Waals surface area contributed by atoms with Gasteiger partial charge in [0.15, 0.2) is 5.58 Å². The van der Waals surface area contributed by atoms with Gasteiger partial charge in [-0.1, -0.05) is 12.1 Å². The number of hydrogen-bond donors (Lipinski definition) is 2. The number of carbonyl (C=O) groups is 1. The molecule has 0 saturated heterocycles. The molecule has 2 atom stereocenters. The zero-order chi connectivity index (χ0) is 20.1. The van der Waals surface area contributed by atoms with Crippen LogP contribution in [0, 0.1) is 23.2 Å². The minimum Gasteiger partial charge on any atom is -0.407 e. The molecule has 0 aliphatic heterocycles. The van der Waals surface area contributed by atoms with E-state index in [9.17, 15) is 9.59 Å². The van der Waals surface area contributed by atoms with Crippen molar-refractivity contribution in [2.45, 2.75) is 6.42 Å². The molecule has 2 aromatic heterocycles. The second-order valence-electron chi connectivity index (χ2n) is 7.06. The monoisotopic (exact) mass is 385 g/mol. The molecule has 1 fully saturated rings. The van der Waals surface area contributed by atoms with Crippen LogP contribution in [0.15, 0.2) is 57.9 Å². The van der Waals surface area contributed by atoms with Gasteiger partial charge in [0.05, 0.1) is 29.1 Å². The van der Waals surface area contributed by atoms with Crippen molar-refractivity contribution in [2.75, 3.05) is 11.1 Å². The predicted molar refractivity (Wildman–Crippen MR) is 107 cm³/mol. The van der Waals surface area contributed by atoms with E-state index in [0.717, 1.165) is 5.39 Å². The van der Waals surface area contributed by atoms with Crippen LogP contribution >= 0.6 is 0 Å². The third-order valence-corrected chi connectivity index (χ3v) is 5.14. The Kier molecular flexibility index (Phi) is 3.64. The zero-order valence-electron chi connectivity index (χ0n) is 15.1. The van der Waals surface area contributed by atoms with Crippen LogP contribution in [0.4, 0.5) is 11.5 Å². The number of benzene rings is 2. The number of carbonyl (C=O) groups excluding carboxylic acids is 1. The SMILES string of the molecule is N#C[C@@H]1C[C@H]1C(=O)Nc1cc2cc(-n3c(=O)oc4ccccc43)cc(N)c2cn1. The maximum Gasteiger partial charge on any atom is 0.424 e. The standard InChI is InChI=1S/C21H15N5O3/c22-9-12-6-14(12)20(27)25-19-7-11-5-13(8-16(23)15(11)10-24-19)26-17-3-1-2-4-18(17)29-21(26)28/h1-5,7-8,10,12,14H,6,23H2,(H,24,25,27)/t12-,14+/m0/s1. The fourth-order valence-electron chi connectivity index (χ4n) is 3.52. The topological polar surface area (TPSA) is 127 Å². The average Bonchev–Trinajstić information content (AvgIpc) is 3.42. The minimum absolute atomic E-state index is 0.218. The number of pyridine rings is 1. The number of nitrogens with zero attached hydrogens (tertiary/aromatic N) is 3. The van der Waals surface area contributed by atoms with E-state index in [1.54, 1.807) is 42.6 Å². The molecule has 142 valence electrons. The van der Waals surface area contributed by atoms with Gasteiger partial charge in [-0.25, -0.2) is 14.3 Å². The highest BCUT2D eigenvalue weighted by Gasteiger charge is 2.43. The second kappa shape index (κ2) is 6.21. The Hall–Kier alpha value is -4.12. The van der Waals surface area contributed by atoms with Gasteiger partial charge in [-0.15, -0.1) is 0 Å². The highest BCUT2D eigenvalue weighted by atomic mass is 16.4. The van der Waals surface area contributed by atoms with E-state index in [-0.39, 0.29) is 17.7 Å². The van der Waals surface area contributed by atoms with Gasteiger partial charge in [-0.3, -0.25) is 4.79 Å². The van der Waals surface area contributed by atoms with Gasteiger partial charge in [0.2, 0.25) is 5.91 Å². The number of aromatic nitrogens is 2. The molecule has 2 aromatic carbocycles. The molecular weight excluding hydrogens is 370 g/mol. The van der Waals surface area contributed by atoms with Gasteiger partial charge >= 0.3 is 5.76 Å². The molecule has 2 heterocycles. The lowest BCUT2D eigenvalue weighted by Crippen LogP contribution is -2.15. The summed E-state index contributed by atoms with van der Waals surface area (Å²) >= 11 is 0. The lowest BCUT2D eigenvalue weighted by molar-refractivity contribution is -0.117. The van der Waals surface area contributed by atoms with Gasteiger partial charge in [0.1, 0.15) is 5.82 Å². The number of nitrogens with two attached hydrogens (primary N) is 1. The molecule has 4 aromatic rings. The van der Waals surface area contributed by atoms with Crippen LogP contribution in [-0.4, -0.2) is 15.5 Å². The van der Waals surface area contributed by atoms with Crippen LogP contribution in [0.5, 0.6) is 0 Å². The van der Waals surface area contributed by atoms with Crippen molar-refractivity contribution in [3.63, 3.8) is 0 Å². The number of nitrogens with one attached hydrogen (secondary N) is 1. The fraction of sp³-hybridized carbons (Fsp3) is 0.143. The summed E-state index contributed by atoms with van der Waals surface area (Å²) in [6, 6.07) is 14.4. The third kappa shape index (κ3) is 2.80. The van der Waals surface area contributed by atoms with E-state index in [1.165, 1.54) is 4.57 Å². The van der Waals surface area contributed by atoms with Crippen molar-refractivity contribution in [3.05, 3.63) is 59.2 Å². The molecule has 0 radical (unpaired) electrons. The Balaban J connectivity index is 1.58. The number of hydrogen-bond acceptors (Lipinski definition) is 6. The smallest absolute Gasteiger partial charge is 0.407 e. The summed E-state index contributed by atoms with van der Waals surface area (Å²) in [5.74, 6) is -0.871. The average molecular weight is 385 g/mol. The minimum atomic E-state index is -0.510. The van der Waals surface area contributed by atoms with Crippen molar-refractivity contribution in [1.29, 1.82) is 5.26 Å². The van der Waals surface area contributed by atoms with Crippen molar-refractivity contribution in [2.24, 2.45) is 11.8 Å². The molecule has 1 amide bonds. The number of nitrogen functional groups attached to an aromatic ring is 1. The molecule has 0 spiro atoms. The Morgan fingerprint density at radius 1 is 1.31 bits per heavy atom. The molecule has 29 heavy (non-hydrogen) atoms. The largest absolute Gasteiger partial charge is 0.424 e. The Morgan fingerprint density at radius 3 is 2.93 bits per heavy atom. The Morgan fingerprint density at radius 2 is 2.14 bits per heavy atom. The first-order valence-electron chi connectivity index (χ1n) is 9.06. The summed E-state index contributed by atoms with van der Waals surface area (Å²) in [5, 5.41) is 13.1. The Labute approximate surface area is 164 Å². The van der Waals surface area contributed by atoms with Crippen LogP contribution in [-0.2, 0) is 4.79 Å². The molecule has 8 heteroatoms. The number of rotatable bonds is 3.